The quantitative estimate of drug-likeness (QED) is 0.0139. The molecule has 26 heteroatoms. The van der Waals surface area contributed by atoms with Gasteiger partial charge in [0.05, 0.1) is 51.0 Å². The van der Waals surface area contributed by atoms with Crippen molar-refractivity contribution in [3.05, 3.63) is 155 Å². The molecule has 85 heavy (non-hydrogen) atoms. The van der Waals surface area contributed by atoms with Gasteiger partial charge in [-0.15, -0.1) is 0 Å². The minimum absolute atomic E-state index is 0.0591. The number of nitro groups is 1. The zero-order valence-electron chi connectivity index (χ0n) is 47.4. The Bertz CT molecular complexity index is 3600. The molecule has 444 valence electrons. The molecule has 0 fully saturated rings. The number of rotatable bonds is 25. The normalized spacial score (nSPS) is 10.9. The van der Waals surface area contributed by atoms with Crippen molar-refractivity contribution in [1.29, 1.82) is 10.5 Å². The number of hydrogen-bond donors (Lipinski definition) is 1. The predicted molar refractivity (Wildman–Crippen MR) is 305 cm³/mol. The van der Waals surface area contributed by atoms with Crippen molar-refractivity contribution >= 4 is 51.1 Å². The van der Waals surface area contributed by atoms with E-state index in [0.717, 1.165) is 78.2 Å². The fourth-order valence-corrected chi connectivity index (χ4v) is 7.76. The highest BCUT2D eigenvalue weighted by Crippen LogP contribution is 2.30. The van der Waals surface area contributed by atoms with Crippen LogP contribution in [0.4, 0.5) is 10.1 Å². The van der Waals surface area contributed by atoms with Gasteiger partial charge in [0, 0.05) is 40.5 Å². The number of para-hydroxylation sites is 1. The van der Waals surface area contributed by atoms with Gasteiger partial charge in [-0.1, -0.05) is 91.4 Å². The molecule has 0 saturated carbocycles. The fourth-order valence-electron chi connectivity index (χ4n) is 6.86. The number of carbonyl (C=O) groups is 4. The van der Waals surface area contributed by atoms with Gasteiger partial charge in [-0.25, -0.2) is 19.2 Å². The van der Waals surface area contributed by atoms with Gasteiger partial charge in [0.2, 0.25) is 0 Å². The Balaban J connectivity index is 0.000000278. The van der Waals surface area contributed by atoms with Crippen LogP contribution in [0.25, 0.3) is 45.2 Å². The van der Waals surface area contributed by atoms with E-state index in [2.05, 4.69) is 53.1 Å². The lowest BCUT2D eigenvalue weighted by Gasteiger charge is -2.05. The number of alkyl halides is 1. The number of aromatic nitrogens is 2. The molecular weight excluding hydrogens is 1130 g/mol. The Labute approximate surface area is 489 Å². The van der Waals surface area contributed by atoms with E-state index in [1.807, 2.05) is 54.6 Å². The summed E-state index contributed by atoms with van der Waals surface area (Å²) in [5.41, 5.74) is 2.65. The number of benzene rings is 5. The third-order valence-electron chi connectivity index (χ3n) is 11.1. The highest BCUT2D eigenvalue weighted by atomic mass is 32.2. The summed E-state index contributed by atoms with van der Waals surface area (Å²) < 4.78 is 74.8. The third-order valence-corrected chi connectivity index (χ3v) is 12.3. The lowest BCUT2D eigenvalue weighted by Crippen LogP contribution is -2.17. The Hall–Kier alpha value is -10.6. The van der Waals surface area contributed by atoms with Crippen molar-refractivity contribution in [2.45, 2.75) is 71.1 Å². The van der Waals surface area contributed by atoms with Crippen LogP contribution in [-0.2, 0) is 38.3 Å². The molecule has 0 unspecified atom stereocenters. The van der Waals surface area contributed by atoms with Gasteiger partial charge >= 0.3 is 34.0 Å². The first-order valence-electron chi connectivity index (χ1n) is 26.6. The Morgan fingerprint density at radius 3 is 1.49 bits per heavy atom. The first-order chi connectivity index (χ1) is 41.5. The average molecular weight is 1190 g/mol. The Kier molecular flexibility index (Phi) is 27.1. The second-order valence-corrected chi connectivity index (χ2v) is 18.4. The number of nitro benzene ring substituents is 1. The Morgan fingerprint density at radius 2 is 1.08 bits per heavy atom. The number of nitriles is 2. The summed E-state index contributed by atoms with van der Waals surface area (Å²) in [7, 11) is -5.68. The first-order valence-corrected chi connectivity index (χ1v) is 27.3. The highest BCUT2D eigenvalue weighted by molar-refractivity contribution is 7.86. The second kappa shape index (κ2) is 35.3. The number of oxime groups is 2. The molecule has 2 heterocycles. The molecule has 0 spiro atoms. The molecule has 0 radical (unpaired) electrons. The fraction of sp³-hybridized carbons (Fsp3) is 0.254. The smallest absolute Gasteiger partial charge is 0.371 e. The summed E-state index contributed by atoms with van der Waals surface area (Å²) in [6.45, 7) is 8.80. The third kappa shape index (κ3) is 21.0. The molecule has 0 aliphatic rings. The zero-order chi connectivity index (χ0) is 62.9. The molecule has 24 nitrogen and oxygen atoms in total. The predicted octanol–water partition coefficient (Wildman–Crippen LogP) is 11.8. The van der Waals surface area contributed by atoms with Crippen molar-refractivity contribution in [1.82, 2.24) is 10.3 Å². The van der Waals surface area contributed by atoms with E-state index in [-0.39, 0.29) is 24.3 Å². The summed E-state index contributed by atoms with van der Waals surface area (Å²) in [4.78, 5) is 59.6. The van der Waals surface area contributed by atoms with Crippen LogP contribution in [0.3, 0.4) is 0 Å². The molecule has 5 aromatic carbocycles. The first kappa shape index (κ1) is 65.2. The number of esters is 2. The maximum absolute atomic E-state index is 12.2. The van der Waals surface area contributed by atoms with Crippen LogP contribution >= 0.6 is 0 Å². The number of carboxylic acid groups (broad SMARTS) is 1. The van der Waals surface area contributed by atoms with E-state index >= 15 is 0 Å². The maximum atomic E-state index is 12.2. The number of aromatic carboxylic acids is 1. The van der Waals surface area contributed by atoms with E-state index in [4.69, 9.17) is 35.5 Å². The number of carbonyl (C=O) groups excluding carboxylic acids is 3. The monoisotopic (exact) mass is 1190 g/mol. The summed E-state index contributed by atoms with van der Waals surface area (Å²) >= 11 is 0. The Morgan fingerprint density at radius 1 is 0.659 bits per heavy atom. The van der Waals surface area contributed by atoms with Crippen molar-refractivity contribution in [2.24, 2.45) is 10.3 Å². The van der Waals surface area contributed by atoms with Gasteiger partial charge in [-0.3, -0.25) is 18.8 Å². The van der Waals surface area contributed by atoms with E-state index in [0.29, 0.717) is 29.5 Å². The number of unbranched alkanes of at least 4 members (excludes halogenated alkanes) is 4. The number of halogens is 1. The lowest BCUT2D eigenvalue weighted by atomic mass is 10.1. The molecule has 0 aliphatic heterocycles. The summed E-state index contributed by atoms with van der Waals surface area (Å²) in [6.07, 6.45) is 6.73. The number of nitrogens with zero attached hydrogens (tertiary/aromatic N) is 7. The van der Waals surface area contributed by atoms with Crippen LogP contribution in [0.15, 0.2) is 158 Å². The van der Waals surface area contributed by atoms with Crippen molar-refractivity contribution in [2.75, 3.05) is 33.6 Å². The molecule has 7 aromatic rings. The van der Waals surface area contributed by atoms with Crippen LogP contribution in [0, 0.1) is 32.8 Å². The largest absolute Gasteiger partial charge is 0.494 e. The molecular formula is C59H58FN7O17S. The van der Waals surface area contributed by atoms with E-state index in [1.165, 1.54) is 56.2 Å². The average Bonchev–Trinajstić information content (AvgIpc) is 4.39. The van der Waals surface area contributed by atoms with Crippen LogP contribution < -0.4 is 9.47 Å². The summed E-state index contributed by atoms with van der Waals surface area (Å²) in [6, 6.07) is 39.1. The number of hydrogen-bond acceptors (Lipinski definition) is 22. The minimum Gasteiger partial charge on any atom is -0.494 e. The summed E-state index contributed by atoms with van der Waals surface area (Å²) in [5.74, 6) is -1.02. The molecule has 7 rings (SSSR count). The second-order valence-electron chi connectivity index (χ2n) is 16.9. The maximum Gasteiger partial charge on any atom is 0.371 e. The minimum atomic E-state index is -4.68. The SMILES string of the molecule is CCCCCOc1ccc(-c2cc(-c3ccc(C(=O)O)cc3)no2)cc1.CCCCCOc1ccc(-c2cc(-c3ccc(C(=O)O/N=C(\C#N)C(=O)OCC)cc3)no2)cc1.CCOC(=O)/C(C#N)=N\OS(=O)(=O)c1ccccc1[N+](=O)[O-].[2H]CF. The van der Waals surface area contributed by atoms with Gasteiger partial charge in [0.25, 0.3) is 17.1 Å². The van der Waals surface area contributed by atoms with Crippen molar-refractivity contribution in [3.8, 4) is 68.8 Å². The topological polar surface area (TPSA) is 346 Å². The zero-order valence-corrected chi connectivity index (χ0v) is 47.2. The van der Waals surface area contributed by atoms with Gasteiger partial charge in [-0.2, -0.15) is 18.9 Å². The van der Waals surface area contributed by atoms with Crippen LogP contribution in [0.5, 0.6) is 11.5 Å². The standard InChI is InChI=1S/C26H25N3O6.C21H21NO4.C11H9N3O7S.CH3F/c1-3-5-6-15-33-21-13-11-19(12-14-21)24-16-22(28-34-24)18-7-9-20(10-8-18)25(30)35-29-23(17-27)26(31)32-4-2;1-2-3-4-13-25-18-11-9-16(10-12-18)20-14-19(22-26-20)15-5-7-17(8-6-15)21(23)24;1-2-20-11(15)8(7-12)13-21-22(18,19)10-6-4-3-5-9(10)14(16)17;1-2/h7-14,16H,3-6,15H2,1-2H3;5-12,14H,2-4,13H2,1H3,(H,23,24);3-6H,2H2,1H3;1H3/b29-23+;;13-8-;/i;;;1D. The molecule has 2 aromatic heterocycles. The molecule has 0 amide bonds. The van der Waals surface area contributed by atoms with Crippen LogP contribution in [0.2, 0.25) is 0 Å². The number of ether oxygens (including phenoxy) is 4. The molecule has 0 aliphatic carbocycles. The van der Waals surface area contributed by atoms with E-state index in [1.54, 1.807) is 49.4 Å². The van der Waals surface area contributed by atoms with Gasteiger partial charge in [0.15, 0.2) is 16.4 Å². The van der Waals surface area contributed by atoms with Crippen LogP contribution in [-0.4, -0.2) is 97.6 Å². The molecule has 0 bridgehead atoms. The van der Waals surface area contributed by atoms with Gasteiger partial charge < -0.3 is 37.9 Å². The van der Waals surface area contributed by atoms with Gasteiger partial charge in [0.1, 0.15) is 35.0 Å². The molecule has 1 N–H and O–H groups in total. The van der Waals surface area contributed by atoms with Crippen LogP contribution in [0.1, 0.15) is 88.3 Å². The van der Waals surface area contributed by atoms with E-state index < -0.39 is 68.1 Å². The summed E-state index contributed by atoms with van der Waals surface area (Å²) in [5, 5.41) is 51.7. The number of carboxylic acids is 1. The highest BCUT2D eigenvalue weighted by Gasteiger charge is 2.28. The van der Waals surface area contributed by atoms with E-state index in [9.17, 15) is 42.1 Å². The van der Waals surface area contributed by atoms with Gasteiger partial charge in [-0.05, 0) is 111 Å². The lowest BCUT2D eigenvalue weighted by molar-refractivity contribution is -0.387. The molecule has 0 atom stereocenters. The van der Waals surface area contributed by atoms with Crippen molar-refractivity contribution < 1.29 is 80.5 Å². The molecule has 0 saturated heterocycles. The van der Waals surface area contributed by atoms with Crippen molar-refractivity contribution in [3.63, 3.8) is 0 Å².